The van der Waals surface area contributed by atoms with Crippen molar-refractivity contribution in [3.63, 3.8) is 0 Å². The molecule has 0 radical (unpaired) electrons. The first-order valence-electron chi connectivity index (χ1n) is 10.8. The molecule has 1 atom stereocenters. The Balaban J connectivity index is 1.74. The summed E-state index contributed by atoms with van der Waals surface area (Å²) in [5.74, 6) is -0.390. The fourth-order valence-corrected chi connectivity index (χ4v) is 3.54. The van der Waals surface area contributed by atoms with Gasteiger partial charge >= 0.3 is 6.09 Å². The van der Waals surface area contributed by atoms with E-state index >= 15 is 0 Å². The third-order valence-electron chi connectivity index (χ3n) is 5.23. The number of halogens is 1. The predicted octanol–water partition coefficient (Wildman–Crippen LogP) is 4.23. The summed E-state index contributed by atoms with van der Waals surface area (Å²) in [5.41, 5.74) is 1.49. The van der Waals surface area contributed by atoms with E-state index in [9.17, 15) is 14.0 Å². The van der Waals surface area contributed by atoms with Crippen molar-refractivity contribution in [1.82, 2.24) is 10.3 Å². The maximum absolute atomic E-state index is 13.4. The van der Waals surface area contributed by atoms with E-state index in [2.05, 4.69) is 10.3 Å². The van der Waals surface area contributed by atoms with E-state index in [1.54, 1.807) is 39.0 Å². The zero-order valence-electron chi connectivity index (χ0n) is 18.8. The fraction of sp³-hybridized carbons (Fsp3) is 0.458. The number of fused-ring (bicyclic) bond motifs is 1. The average Bonchev–Trinajstić information content (AvgIpc) is 3.51. The molecule has 2 aliphatic rings. The van der Waals surface area contributed by atoms with Crippen LogP contribution in [0.2, 0.25) is 0 Å². The van der Waals surface area contributed by atoms with Crippen LogP contribution in [0.3, 0.4) is 0 Å². The van der Waals surface area contributed by atoms with Gasteiger partial charge in [0.05, 0.1) is 6.04 Å². The van der Waals surface area contributed by atoms with Crippen LogP contribution in [0.15, 0.2) is 30.3 Å². The summed E-state index contributed by atoms with van der Waals surface area (Å²) in [6.45, 7) is 7.52. The van der Waals surface area contributed by atoms with Crippen LogP contribution in [0.4, 0.5) is 14.9 Å². The van der Waals surface area contributed by atoms with Crippen LogP contribution in [-0.2, 0) is 11.2 Å². The Kier molecular flexibility index (Phi) is 5.79. The topological polar surface area (TPSA) is 80.8 Å². The molecular formula is C24H28FN3O4. The van der Waals surface area contributed by atoms with Crippen LogP contribution in [0.1, 0.15) is 62.2 Å². The largest absolute Gasteiger partial charge is 0.474 e. The number of nitrogens with one attached hydrogen (secondary N) is 1. The van der Waals surface area contributed by atoms with Gasteiger partial charge in [0.1, 0.15) is 29.4 Å². The highest BCUT2D eigenvalue weighted by atomic mass is 19.1. The molecule has 2 heterocycles. The van der Waals surface area contributed by atoms with Gasteiger partial charge in [-0.1, -0.05) is 12.1 Å². The standard InChI is InChI=1S/C24H28FN3O4/c1-14-13-31-22-19(28(14)23(30)32-24(2,3)4)12-16(11-15-5-7-17(25)8-6-15)20(27-22)21(29)26-18-9-10-18/h5-8,12,14,18H,9-11,13H2,1-4H3,(H,26,29). The number of rotatable bonds is 4. The lowest BCUT2D eigenvalue weighted by molar-refractivity contribution is 0.0546. The van der Waals surface area contributed by atoms with E-state index in [1.165, 1.54) is 17.0 Å². The second kappa shape index (κ2) is 8.41. The normalized spacial score (nSPS) is 17.9. The van der Waals surface area contributed by atoms with Crippen molar-refractivity contribution in [3.8, 4) is 5.88 Å². The number of benzene rings is 1. The highest BCUT2D eigenvalue weighted by Crippen LogP contribution is 2.36. The average molecular weight is 442 g/mol. The molecule has 1 aromatic heterocycles. The van der Waals surface area contributed by atoms with Gasteiger partial charge in [-0.05, 0) is 76.3 Å². The van der Waals surface area contributed by atoms with E-state index in [0.717, 1.165) is 18.4 Å². The van der Waals surface area contributed by atoms with Crippen molar-refractivity contribution in [2.24, 2.45) is 0 Å². The van der Waals surface area contributed by atoms with Gasteiger partial charge in [0.25, 0.3) is 5.91 Å². The number of anilines is 1. The Bertz CT molecular complexity index is 1030. The summed E-state index contributed by atoms with van der Waals surface area (Å²) in [4.78, 5) is 31.9. The van der Waals surface area contributed by atoms with Crippen molar-refractivity contribution in [2.45, 2.75) is 64.6 Å². The third kappa shape index (κ3) is 5.00. The van der Waals surface area contributed by atoms with Crippen molar-refractivity contribution in [2.75, 3.05) is 11.5 Å². The first-order valence-corrected chi connectivity index (χ1v) is 10.8. The lowest BCUT2D eigenvalue weighted by atomic mass is 10.0. The Morgan fingerprint density at radius 3 is 2.56 bits per heavy atom. The Morgan fingerprint density at radius 1 is 1.25 bits per heavy atom. The van der Waals surface area contributed by atoms with Gasteiger partial charge in [0.15, 0.2) is 0 Å². The molecule has 0 spiro atoms. The highest BCUT2D eigenvalue weighted by Gasteiger charge is 2.36. The number of hydrogen-bond donors (Lipinski definition) is 1. The Labute approximate surface area is 186 Å². The molecule has 0 saturated heterocycles. The lowest BCUT2D eigenvalue weighted by Gasteiger charge is -2.36. The minimum atomic E-state index is -0.663. The van der Waals surface area contributed by atoms with Crippen molar-refractivity contribution in [1.29, 1.82) is 0 Å². The lowest BCUT2D eigenvalue weighted by Crippen LogP contribution is -2.47. The molecule has 2 amide bonds. The molecule has 1 aliphatic carbocycles. The number of ether oxygens (including phenoxy) is 2. The van der Waals surface area contributed by atoms with Gasteiger partial charge in [-0.3, -0.25) is 9.69 Å². The molecule has 2 aromatic rings. The molecule has 32 heavy (non-hydrogen) atoms. The molecule has 1 fully saturated rings. The third-order valence-corrected chi connectivity index (χ3v) is 5.23. The SMILES string of the molecule is CC1COc2nc(C(=O)NC3CC3)c(Cc3ccc(F)cc3)cc2N1C(=O)OC(C)(C)C. The minimum absolute atomic E-state index is 0.165. The minimum Gasteiger partial charge on any atom is -0.474 e. The second-order valence-electron chi connectivity index (χ2n) is 9.38. The van der Waals surface area contributed by atoms with E-state index < -0.39 is 11.7 Å². The molecule has 1 aliphatic heterocycles. The summed E-state index contributed by atoms with van der Waals surface area (Å²) in [5, 5.41) is 2.96. The maximum Gasteiger partial charge on any atom is 0.415 e. The Morgan fingerprint density at radius 2 is 1.94 bits per heavy atom. The number of carbonyl (C=O) groups is 2. The van der Waals surface area contributed by atoms with Crippen molar-refractivity contribution >= 4 is 17.7 Å². The Hall–Kier alpha value is -3.16. The maximum atomic E-state index is 13.4. The summed E-state index contributed by atoms with van der Waals surface area (Å²) >= 11 is 0. The number of aromatic nitrogens is 1. The molecule has 4 rings (SSSR count). The molecule has 1 N–H and O–H groups in total. The van der Waals surface area contributed by atoms with Crippen LogP contribution in [0, 0.1) is 5.82 Å². The summed E-state index contributed by atoms with van der Waals surface area (Å²) in [6, 6.07) is 7.74. The van der Waals surface area contributed by atoms with Gasteiger partial charge in [-0.25, -0.2) is 14.2 Å². The number of carbonyl (C=O) groups excluding carboxylic acids is 2. The predicted molar refractivity (Wildman–Crippen MR) is 118 cm³/mol. The zero-order chi connectivity index (χ0) is 23.0. The molecule has 1 unspecified atom stereocenters. The monoisotopic (exact) mass is 441 g/mol. The summed E-state index contributed by atoms with van der Waals surface area (Å²) in [7, 11) is 0. The first kappa shape index (κ1) is 22.0. The van der Waals surface area contributed by atoms with Crippen molar-refractivity contribution in [3.05, 3.63) is 53.0 Å². The first-order chi connectivity index (χ1) is 15.1. The molecule has 170 valence electrons. The molecule has 1 saturated carbocycles. The zero-order valence-corrected chi connectivity index (χ0v) is 18.8. The number of hydrogen-bond acceptors (Lipinski definition) is 5. The fourth-order valence-electron chi connectivity index (χ4n) is 3.54. The van der Waals surface area contributed by atoms with Gasteiger partial charge in [-0.15, -0.1) is 0 Å². The second-order valence-corrected chi connectivity index (χ2v) is 9.38. The van der Waals surface area contributed by atoms with E-state index in [-0.39, 0.29) is 42.0 Å². The van der Waals surface area contributed by atoms with Gasteiger partial charge < -0.3 is 14.8 Å². The van der Waals surface area contributed by atoms with E-state index in [1.807, 2.05) is 6.92 Å². The number of amides is 2. The molecular weight excluding hydrogens is 413 g/mol. The smallest absolute Gasteiger partial charge is 0.415 e. The molecule has 1 aromatic carbocycles. The van der Waals surface area contributed by atoms with Gasteiger partial charge in [0, 0.05) is 6.04 Å². The van der Waals surface area contributed by atoms with Crippen LogP contribution in [0.25, 0.3) is 0 Å². The van der Waals surface area contributed by atoms with Crippen LogP contribution < -0.4 is 15.0 Å². The van der Waals surface area contributed by atoms with Crippen LogP contribution in [-0.4, -0.2) is 41.3 Å². The molecule has 7 nitrogen and oxygen atoms in total. The van der Waals surface area contributed by atoms with Gasteiger partial charge in [0.2, 0.25) is 5.88 Å². The van der Waals surface area contributed by atoms with Crippen LogP contribution >= 0.6 is 0 Å². The summed E-state index contributed by atoms with van der Waals surface area (Å²) in [6.07, 6.45) is 1.75. The van der Waals surface area contributed by atoms with Gasteiger partial charge in [-0.2, -0.15) is 0 Å². The molecule has 0 bridgehead atoms. The van der Waals surface area contributed by atoms with E-state index in [0.29, 0.717) is 17.7 Å². The van der Waals surface area contributed by atoms with E-state index in [4.69, 9.17) is 9.47 Å². The van der Waals surface area contributed by atoms with Crippen molar-refractivity contribution < 1.29 is 23.5 Å². The summed E-state index contributed by atoms with van der Waals surface area (Å²) < 4.78 is 24.8. The molecule has 8 heteroatoms. The quantitative estimate of drug-likeness (QED) is 0.768. The van der Waals surface area contributed by atoms with Crippen LogP contribution in [0.5, 0.6) is 5.88 Å². The number of pyridine rings is 1. The number of nitrogens with zero attached hydrogens (tertiary/aromatic N) is 2. The highest BCUT2D eigenvalue weighted by molar-refractivity contribution is 5.97.